The fourth-order valence-corrected chi connectivity index (χ4v) is 3.76. The quantitative estimate of drug-likeness (QED) is 0.377. The van der Waals surface area contributed by atoms with E-state index in [4.69, 9.17) is 11.6 Å². The fraction of sp³-hybridized carbons (Fsp3) is 0.429. The summed E-state index contributed by atoms with van der Waals surface area (Å²) in [5.74, 6) is -0.0601. The average molecular weight is 432 g/mol. The van der Waals surface area contributed by atoms with Crippen LogP contribution in [-0.4, -0.2) is 51.7 Å². The van der Waals surface area contributed by atoms with Crippen molar-refractivity contribution in [3.05, 3.63) is 56.9 Å². The summed E-state index contributed by atoms with van der Waals surface area (Å²) < 4.78 is 1.79. The van der Waals surface area contributed by atoms with Crippen LogP contribution < -0.4 is 4.90 Å². The molecule has 9 heteroatoms. The summed E-state index contributed by atoms with van der Waals surface area (Å²) >= 11 is 6.43. The van der Waals surface area contributed by atoms with Crippen LogP contribution in [0.1, 0.15) is 31.0 Å². The van der Waals surface area contributed by atoms with Gasteiger partial charge in [-0.2, -0.15) is 5.10 Å². The molecule has 1 saturated heterocycles. The van der Waals surface area contributed by atoms with Crippen LogP contribution in [0.25, 0.3) is 6.08 Å². The molecule has 0 N–H and O–H groups in total. The molecule has 0 radical (unpaired) electrons. The minimum absolute atomic E-state index is 0.0601. The van der Waals surface area contributed by atoms with Gasteiger partial charge in [0.1, 0.15) is 5.15 Å². The number of nitro benzene ring substituents is 1. The van der Waals surface area contributed by atoms with Crippen molar-refractivity contribution >= 4 is 35.0 Å². The average Bonchev–Trinajstić information content (AvgIpc) is 3.03. The number of nitro groups is 1. The second kappa shape index (κ2) is 9.75. The third kappa shape index (κ3) is 4.99. The number of hydrogen-bond donors (Lipinski definition) is 0. The highest BCUT2D eigenvalue weighted by Gasteiger charge is 2.21. The van der Waals surface area contributed by atoms with Crippen molar-refractivity contribution in [1.29, 1.82) is 0 Å². The lowest BCUT2D eigenvalue weighted by Crippen LogP contribution is -2.48. The number of unbranched alkanes of at least 4 members (excludes halogenated alkanes) is 1. The molecular formula is C21H26ClN5O3. The van der Waals surface area contributed by atoms with Crippen molar-refractivity contribution in [1.82, 2.24) is 14.7 Å². The molecule has 30 heavy (non-hydrogen) atoms. The molecule has 0 aliphatic carbocycles. The van der Waals surface area contributed by atoms with Crippen LogP contribution in [0.2, 0.25) is 5.15 Å². The van der Waals surface area contributed by atoms with Crippen molar-refractivity contribution < 1.29 is 9.72 Å². The maximum Gasteiger partial charge on any atom is 0.269 e. The first-order chi connectivity index (χ1) is 14.4. The Bertz CT molecular complexity index is 931. The molecule has 1 aliphatic heterocycles. The van der Waals surface area contributed by atoms with E-state index in [1.165, 1.54) is 12.1 Å². The van der Waals surface area contributed by atoms with Gasteiger partial charge in [0.2, 0.25) is 5.91 Å². The zero-order valence-corrected chi connectivity index (χ0v) is 18.0. The second-order valence-corrected chi connectivity index (χ2v) is 7.64. The van der Waals surface area contributed by atoms with E-state index in [9.17, 15) is 14.9 Å². The monoisotopic (exact) mass is 431 g/mol. The van der Waals surface area contributed by atoms with Gasteiger partial charge < -0.3 is 9.80 Å². The number of rotatable bonds is 7. The van der Waals surface area contributed by atoms with Gasteiger partial charge >= 0.3 is 0 Å². The van der Waals surface area contributed by atoms with Crippen LogP contribution in [0, 0.1) is 17.0 Å². The van der Waals surface area contributed by atoms with E-state index in [1.54, 1.807) is 33.9 Å². The second-order valence-electron chi connectivity index (χ2n) is 7.29. The molecule has 0 spiro atoms. The Balaban J connectivity index is 1.58. The summed E-state index contributed by atoms with van der Waals surface area (Å²) in [5.41, 5.74) is 2.59. The number of amides is 1. The number of hydrogen-bond acceptors (Lipinski definition) is 5. The Labute approximate surface area is 180 Å². The Morgan fingerprint density at radius 2 is 1.90 bits per heavy atom. The highest BCUT2D eigenvalue weighted by atomic mass is 35.5. The summed E-state index contributed by atoms with van der Waals surface area (Å²) in [6.07, 6.45) is 5.37. The number of aryl methyl sites for hydroxylation is 2. The third-order valence-corrected chi connectivity index (χ3v) is 5.64. The SMILES string of the molecule is CCCCn1nc(C)c(/C=C/C(=O)N2CCN(c3ccc([N+](=O)[O-])cc3)CC2)c1Cl. The molecule has 0 bridgehead atoms. The number of piperazine rings is 1. The van der Waals surface area contributed by atoms with E-state index in [0.717, 1.165) is 36.3 Å². The van der Waals surface area contributed by atoms with E-state index < -0.39 is 4.92 Å². The Morgan fingerprint density at radius 1 is 1.23 bits per heavy atom. The number of carbonyl (C=O) groups excluding carboxylic acids is 1. The number of benzene rings is 1. The van der Waals surface area contributed by atoms with Gasteiger partial charge in [0.15, 0.2) is 0 Å². The standard InChI is InChI=1S/C21H26ClN5O3/c1-3-4-11-26-21(22)19(16(2)23-26)9-10-20(28)25-14-12-24(13-15-25)17-5-7-18(8-6-17)27(29)30/h5-10H,3-4,11-15H2,1-2H3/b10-9+. The molecule has 1 aliphatic rings. The molecule has 2 heterocycles. The van der Waals surface area contributed by atoms with Crippen LogP contribution in [0.4, 0.5) is 11.4 Å². The Morgan fingerprint density at radius 3 is 2.50 bits per heavy atom. The molecule has 1 amide bonds. The number of halogens is 1. The smallest absolute Gasteiger partial charge is 0.269 e. The van der Waals surface area contributed by atoms with E-state index in [-0.39, 0.29) is 11.6 Å². The summed E-state index contributed by atoms with van der Waals surface area (Å²) in [4.78, 5) is 26.9. The van der Waals surface area contributed by atoms with Crippen molar-refractivity contribution in [3.63, 3.8) is 0 Å². The third-order valence-electron chi connectivity index (χ3n) is 5.24. The van der Waals surface area contributed by atoms with Gasteiger partial charge in [0.25, 0.3) is 5.69 Å². The zero-order chi connectivity index (χ0) is 21.7. The largest absolute Gasteiger partial charge is 0.368 e. The number of carbonyl (C=O) groups is 1. The lowest BCUT2D eigenvalue weighted by atomic mass is 10.2. The lowest BCUT2D eigenvalue weighted by Gasteiger charge is -2.35. The lowest BCUT2D eigenvalue weighted by molar-refractivity contribution is -0.384. The van der Waals surface area contributed by atoms with E-state index in [0.29, 0.717) is 31.3 Å². The molecule has 1 fully saturated rings. The highest BCUT2D eigenvalue weighted by Crippen LogP contribution is 2.23. The first-order valence-corrected chi connectivity index (χ1v) is 10.5. The van der Waals surface area contributed by atoms with Crippen LogP contribution in [0.5, 0.6) is 0 Å². The van der Waals surface area contributed by atoms with Gasteiger partial charge in [-0.3, -0.25) is 19.6 Å². The van der Waals surface area contributed by atoms with Gasteiger partial charge in [-0.05, 0) is 31.6 Å². The van der Waals surface area contributed by atoms with Crippen molar-refractivity contribution in [3.8, 4) is 0 Å². The summed E-state index contributed by atoms with van der Waals surface area (Å²) in [6, 6.07) is 6.50. The van der Waals surface area contributed by atoms with Gasteiger partial charge in [-0.25, -0.2) is 0 Å². The normalized spacial score (nSPS) is 14.5. The molecule has 3 rings (SSSR count). The van der Waals surface area contributed by atoms with E-state index in [1.807, 2.05) is 6.92 Å². The molecular weight excluding hydrogens is 406 g/mol. The Kier molecular flexibility index (Phi) is 7.10. The maximum absolute atomic E-state index is 12.6. The van der Waals surface area contributed by atoms with Crippen LogP contribution in [0.3, 0.4) is 0 Å². The predicted octanol–water partition coefficient (Wildman–Crippen LogP) is 3.92. The van der Waals surface area contributed by atoms with E-state index in [2.05, 4.69) is 16.9 Å². The van der Waals surface area contributed by atoms with Crippen LogP contribution in [0.15, 0.2) is 30.3 Å². The first-order valence-electron chi connectivity index (χ1n) is 10.1. The summed E-state index contributed by atoms with van der Waals surface area (Å²) in [5, 5.41) is 15.8. The predicted molar refractivity (Wildman–Crippen MR) is 118 cm³/mol. The molecule has 0 saturated carbocycles. The minimum Gasteiger partial charge on any atom is -0.368 e. The molecule has 0 unspecified atom stereocenters. The molecule has 0 atom stereocenters. The molecule has 160 valence electrons. The summed E-state index contributed by atoms with van der Waals surface area (Å²) in [6.45, 7) is 7.29. The van der Waals surface area contributed by atoms with Crippen molar-refractivity contribution in [2.75, 3.05) is 31.1 Å². The van der Waals surface area contributed by atoms with E-state index >= 15 is 0 Å². The summed E-state index contributed by atoms with van der Waals surface area (Å²) in [7, 11) is 0. The maximum atomic E-state index is 12.6. The minimum atomic E-state index is -0.409. The topological polar surface area (TPSA) is 84.5 Å². The van der Waals surface area contributed by atoms with Gasteiger partial charge in [-0.15, -0.1) is 0 Å². The van der Waals surface area contributed by atoms with Crippen LogP contribution >= 0.6 is 11.6 Å². The Hall–Kier alpha value is -2.87. The van der Waals surface area contributed by atoms with Gasteiger partial charge in [0, 0.05) is 62.2 Å². The number of aromatic nitrogens is 2. The number of nitrogens with zero attached hydrogens (tertiary/aromatic N) is 5. The molecule has 1 aromatic carbocycles. The van der Waals surface area contributed by atoms with Crippen molar-refractivity contribution in [2.24, 2.45) is 0 Å². The number of non-ortho nitro benzene ring substituents is 1. The van der Waals surface area contributed by atoms with Gasteiger partial charge in [0.05, 0.1) is 10.6 Å². The zero-order valence-electron chi connectivity index (χ0n) is 17.3. The highest BCUT2D eigenvalue weighted by molar-refractivity contribution is 6.31. The van der Waals surface area contributed by atoms with Crippen molar-refractivity contribution in [2.45, 2.75) is 33.2 Å². The number of anilines is 1. The molecule has 2 aromatic rings. The fourth-order valence-electron chi connectivity index (χ4n) is 3.44. The van der Waals surface area contributed by atoms with Crippen LogP contribution in [-0.2, 0) is 11.3 Å². The van der Waals surface area contributed by atoms with Gasteiger partial charge in [-0.1, -0.05) is 24.9 Å². The molecule has 1 aromatic heterocycles. The molecule has 8 nitrogen and oxygen atoms in total. The first kappa shape index (κ1) is 21.8.